The van der Waals surface area contributed by atoms with Crippen LogP contribution in [0.15, 0.2) is 29.9 Å². The SMILES string of the molecule is c1cc(-c2nc(CN3CCNCC3)cs2)ccn1. The van der Waals surface area contributed by atoms with Gasteiger partial charge < -0.3 is 5.32 Å². The fraction of sp³-hybridized carbons (Fsp3) is 0.385. The van der Waals surface area contributed by atoms with Crippen LogP contribution in [0.25, 0.3) is 10.6 Å². The Morgan fingerprint density at radius 1 is 1.22 bits per heavy atom. The van der Waals surface area contributed by atoms with Crippen LogP contribution < -0.4 is 5.32 Å². The second-order valence-corrected chi connectivity index (χ2v) is 5.26. The lowest BCUT2D eigenvalue weighted by atomic mass is 10.3. The van der Waals surface area contributed by atoms with Gasteiger partial charge in [-0.1, -0.05) is 0 Å². The molecule has 5 heteroatoms. The summed E-state index contributed by atoms with van der Waals surface area (Å²) in [5.74, 6) is 0. The number of hydrogen-bond donors (Lipinski definition) is 1. The van der Waals surface area contributed by atoms with Crippen molar-refractivity contribution < 1.29 is 0 Å². The number of nitrogens with zero attached hydrogens (tertiary/aromatic N) is 3. The minimum atomic E-state index is 0.962. The summed E-state index contributed by atoms with van der Waals surface area (Å²) in [4.78, 5) is 11.2. The van der Waals surface area contributed by atoms with Crippen LogP contribution in [0.2, 0.25) is 0 Å². The molecule has 0 unspecified atom stereocenters. The van der Waals surface area contributed by atoms with Crippen molar-refractivity contribution in [2.24, 2.45) is 0 Å². The third-order valence-corrected chi connectivity index (χ3v) is 4.01. The molecule has 0 saturated carbocycles. The van der Waals surface area contributed by atoms with Gasteiger partial charge in [-0.3, -0.25) is 9.88 Å². The average molecular weight is 260 g/mol. The maximum Gasteiger partial charge on any atom is 0.123 e. The van der Waals surface area contributed by atoms with Gasteiger partial charge in [0.15, 0.2) is 0 Å². The highest BCUT2D eigenvalue weighted by molar-refractivity contribution is 7.13. The molecule has 1 aliphatic rings. The van der Waals surface area contributed by atoms with Gasteiger partial charge in [-0.05, 0) is 12.1 Å². The van der Waals surface area contributed by atoms with Crippen molar-refractivity contribution >= 4 is 11.3 Å². The van der Waals surface area contributed by atoms with E-state index in [2.05, 4.69) is 20.6 Å². The Kier molecular flexibility index (Phi) is 3.64. The molecule has 1 aliphatic heterocycles. The third kappa shape index (κ3) is 2.75. The van der Waals surface area contributed by atoms with E-state index in [0.29, 0.717) is 0 Å². The summed E-state index contributed by atoms with van der Waals surface area (Å²) in [6.45, 7) is 5.36. The summed E-state index contributed by atoms with van der Waals surface area (Å²) in [5.41, 5.74) is 2.33. The van der Waals surface area contributed by atoms with Crippen LogP contribution in [0, 0.1) is 0 Å². The van der Waals surface area contributed by atoms with E-state index in [4.69, 9.17) is 4.98 Å². The van der Waals surface area contributed by atoms with Crippen molar-refractivity contribution in [3.8, 4) is 10.6 Å². The van der Waals surface area contributed by atoms with Crippen LogP contribution >= 0.6 is 11.3 Å². The molecule has 0 aliphatic carbocycles. The van der Waals surface area contributed by atoms with Crippen molar-refractivity contribution in [3.63, 3.8) is 0 Å². The fourth-order valence-electron chi connectivity index (χ4n) is 2.11. The second-order valence-electron chi connectivity index (χ2n) is 4.41. The molecule has 2 aromatic rings. The van der Waals surface area contributed by atoms with Gasteiger partial charge in [0.2, 0.25) is 0 Å². The molecule has 1 fully saturated rings. The summed E-state index contributed by atoms with van der Waals surface area (Å²) in [6, 6.07) is 4.01. The summed E-state index contributed by atoms with van der Waals surface area (Å²) in [5, 5.41) is 6.62. The lowest BCUT2D eigenvalue weighted by molar-refractivity contribution is 0.231. The zero-order chi connectivity index (χ0) is 12.2. The van der Waals surface area contributed by atoms with Gasteiger partial charge in [-0.15, -0.1) is 11.3 Å². The molecule has 94 valence electrons. The van der Waals surface area contributed by atoms with E-state index in [1.165, 1.54) is 5.69 Å². The number of aromatic nitrogens is 2. The zero-order valence-corrected chi connectivity index (χ0v) is 11.0. The van der Waals surface area contributed by atoms with E-state index in [0.717, 1.165) is 43.3 Å². The van der Waals surface area contributed by atoms with Crippen LogP contribution in [0.5, 0.6) is 0 Å². The fourth-order valence-corrected chi connectivity index (χ4v) is 2.92. The average Bonchev–Trinajstić information content (AvgIpc) is 2.89. The van der Waals surface area contributed by atoms with Crippen molar-refractivity contribution in [2.75, 3.05) is 26.2 Å². The number of hydrogen-bond acceptors (Lipinski definition) is 5. The highest BCUT2D eigenvalue weighted by Gasteiger charge is 2.12. The Morgan fingerprint density at radius 3 is 2.78 bits per heavy atom. The monoisotopic (exact) mass is 260 g/mol. The minimum Gasteiger partial charge on any atom is -0.314 e. The molecule has 18 heavy (non-hydrogen) atoms. The van der Waals surface area contributed by atoms with Gasteiger partial charge in [-0.2, -0.15) is 0 Å². The Hall–Kier alpha value is -1.30. The predicted molar refractivity (Wildman–Crippen MR) is 73.5 cm³/mol. The summed E-state index contributed by atoms with van der Waals surface area (Å²) in [7, 11) is 0. The molecule has 0 amide bonds. The van der Waals surface area contributed by atoms with Gasteiger partial charge in [-0.25, -0.2) is 4.98 Å². The quantitative estimate of drug-likeness (QED) is 0.910. The molecular weight excluding hydrogens is 244 g/mol. The first-order chi connectivity index (χ1) is 8.92. The Labute approximate surface area is 111 Å². The van der Waals surface area contributed by atoms with E-state index in [-0.39, 0.29) is 0 Å². The van der Waals surface area contributed by atoms with Gasteiger partial charge in [0.05, 0.1) is 5.69 Å². The highest BCUT2D eigenvalue weighted by atomic mass is 32.1. The third-order valence-electron chi connectivity index (χ3n) is 3.07. The maximum atomic E-state index is 4.70. The molecule has 4 nitrogen and oxygen atoms in total. The Morgan fingerprint density at radius 2 is 2.00 bits per heavy atom. The number of rotatable bonds is 3. The van der Waals surface area contributed by atoms with Crippen LogP contribution in [0.3, 0.4) is 0 Å². The topological polar surface area (TPSA) is 41.1 Å². The van der Waals surface area contributed by atoms with E-state index in [1.807, 2.05) is 24.5 Å². The number of nitrogens with one attached hydrogen (secondary N) is 1. The lowest BCUT2D eigenvalue weighted by Crippen LogP contribution is -2.42. The Bertz CT molecular complexity index is 491. The predicted octanol–water partition coefficient (Wildman–Crippen LogP) is 1.61. The number of piperazine rings is 1. The molecule has 0 bridgehead atoms. The molecule has 0 atom stereocenters. The van der Waals surface area contributed by atoms with Crippen molar-refractivity contribution in [2.45, 2.75) is 6.54 Å². The molecular formula is C13H16N4S. The largest absolute Gasteiger partial charge is 0.314 e. The van der Waals surface area contributed by atoms with Crippen LogP contribution in [0.4, 0.5) is 0 Å². The Balaban J connectivity index is 1.69. The van der Waals surface area contributed by atoms with Crippen LogP contribution in [-0.4, -0.2) is 41.0 Å². The molecule has 0 spiro atoms. The summed E-state index contributed by atoms with van der Waals surface area (Å²) in [6.07, 6.45) is 3.62. The first kappa shape index (κ1) is 11.8. The molecule has 3 heterocycles. The number of pyridine rings is 1. The molecule has 3 rings (SSSR count). The summed E-state index contributed by atoms with van der Waals surface area (Å²) < 4.78 is 0. The smallest absolute Gasteiger partial charge is 0.123 e. The molecule has 0 aromatic carbocycles. The van der Waals surface area contributed by atoms with Crippen LogP contribution in [0.1, 0.15) is 5.69 Å². The van der Waals surface area contributed by atoms with Crippen LogP contribution in [-0.2, 0) is 6.54 Å². The van der Waals surface area contributed by atoms with Gasteiger partial charge in [0.25, 0.3) is 0 Å². The van der Waals surface area contributed by atoms with E-state index in [1.54, 1.807) is 11.3 Å². The minimum absolute atomic E-state index is 0.962. The zero-order valence-electron chi connectivity index (χ0n) is 10.2. The first-order valence-electron chi connectivity index (χ1n) is 6.20. The van der Waals surface area contributed by atoms with Gasteiger partial charge in [0.1, 0.15) is 5.01 Å². The van der Waals surface area contributed by atoms with Gasteiger partial charge in [0, 0.05) is 56.1 Å². The number of thiazole rings is 1. The van der Waals surface area contributed by atoms with E-state index < -0.39 is 0 Å². The standard InChI is InChI=1S/C13H16N4S/c1-3-14-4-2-11(1)13-16-12(10-18-13)9-17-7-5-15-6-8-17/h1-4,10,15H,5-9H2. The normalized spacial score (nSPS) is 16.9. The van der Waals surface area contributed by atoms with Crippen molar-refractivity contribution in [1.29, 1.82) is 0 Å². The molecule has 2 aromatic heterocycles. The van der Waals surface area contributed by atoms with Gasteiger partial charge >= 0.3 is 0 Å². The van der Waals surface area contributed by atoms with E-state index >= 15 is 0 Å². The molecule has 1 saturated heterocycles. The van der Waals surface area contributed by atoms with Crippen molar-refractivity contribution in [1.82, 2.24) is 20.2 Å². The van der Waals surface area contributed by atoms with Crippen molar-refractivity contribution in [3.05, 3.63) is 35.6 Å². The molecule has 1 N–H and O–H groups in total. The highest BCUT2D eigenvalue weighted by Crippen LogP contribution is 2.23. The lowest BCUT2D eigenvalue weighted by Gasteiger charge is -2.26. The maximum absolute atomic E-state index is 4.70. The first-order valence-corrected chi connectivity index (χ1v) is 7.08. The molecule has 0 radical (unpaired) electrons. The summed E-state index contributed by atoms with van der Waals surface area (Å²) >= 11 is 1.71. The van der Waals surface area contributed by atoms with E-state index in [9.17, 15) is 0 Å². The second kappa shape index (κ2) is 5.56.